The second-order valence-corrected chi connectivity index (χ2v) is 8.19. The molecule has 1 aliphatic rings. The van der Waals surface area contributed by atoms with E-state index in [0.29, 0.717) is 23.2 Å². The van der Waals surface area contributed by atoms with Crippen molar-refractivity contribution in [1.82, 2.24) is 44.4 Å². The number of carbonyl (C=O) groups excluding carboxylic acids is 1. The van der Waals surface area contributed by atoms with E-state index >= 15 is 0 Å². The molecule has 4 aromatic rings. The number of hydrogen-bond donors (Lipinski definition) is 1. The molecule has 1 N–H and O–H groups in total. The fraction of sp³-hybridized carbons (Fsp3) is 0.318. The number of hydrogen-bond acceptors (Lipinski definition) is 9. The van der Waals surface area contributed by atoms with Crippen LogP contribution >= 0.6 is 0 Å². The Morgan fingerprint density at radius 2 is 2.15 bits per heavy atom. The van der Waals surface area contributed by atoms with Crippen LogP contribution < -0.4 is 10.1 Å². The largest absolute Gasteiger partial charge is 0.479 e. The standard InChI is InChI=1S/C22H24N10O2/c1-30(2)12-14-7-8-18-27-28-20(32(14)18)16-5-4-6-17(25-16)26-21(33)15-13-31(29-22(15)34-3)19-11-23-9-10-24-19/h4-6,9-11,13-14H,7-8,12H2,1-3H3,(H,25,26,33)/t14-/m1/s1. The Labute approximate surface area is 195 Å². The predicted molar refractivity (Wildman–Crippen MR) is 123 cm³/mol. The first kappa shape index (κ1) is 21.6. The van der Waals surface area contributed by atoms with E-state index in [1.807, 2.05) is 12.1 Å². The number of rotatable bonds is 7. The molecule has 34 heavy (non-hydrogen) atoms. The number of aryl methyl sites for hydroxylation is 1. The third-order valence-electron chi connectivity index (χ3n) is 5.53. The van der Waals surface area contributed by atoms with Crippen LogP contribution in [0.15, 0.2) is 43.0 Å². The van der Waals surface area contributed by atoms with Crippen molar-refractivity contribution < 1.29 is 9.53 Å². The molecular weight excluding hydrogens is 436 g/mol. The third-order valence-corrected chi connectivity index (χ3v) is 5.53. The number of likely N-dealkylation sites (N-methyl/N-ethyl adjacent to an activating group) is 1. The Morgan fingerprint density at radius 1 is 1.26 bits per heavy atom. The Balaban J connectivity index is 1.40. The summed E-state index contributed by atoms with van der Waals surface area (Å²) in [5, 5.41) is 15.8. The number of nitrogens with zero attached hydrogens (tertiary/aromatic N) is 9. The second-order valence-electron chi connectivity index (χ2n) is 8.19. The van der Waals surface area contributed by atoms with Crippen LogP contribution in [0, 0.1) is 0 Å². The molecule has 0 fully saturated rings. The summed E-state index contributed by atoms with van der Waals surface area (Å²) in [7, 11) is 5.56. The van der Waals surface area contributed by atoms with Crippen LogP contribution in [0.1, 0.15) is 28.6 Å². The minimum Gasteiger partial charge on any atom is -0.479 e. The van der Waals surface area contributed by atoms with Gasteiger partial charge in [0, 0.05) is 31.6 Å². The smallest absolute Gasteiger partial charge is 0.263 e. The Morgan fingerprint density at radius 3 is 2.91 bits per heavy atom. The van der Waals surface area contributed by atoms with E-state index in [0.717, 1.165) is 25.2 Å². The van der Waals surface area contributed by atoms with E-state index in [1.165, 1.54) is 11.8 Å². The summed E-state index contributed by atoms with van der Waals surface area (Å²) < 4.78 is 8.89. The lowest BCUT2D eigenvalue weighted by molar-refractivity contribution is 0.102. The summed E-state index contributed by atoms with van der Waals surface area (Å²) in [5.74, 6) is 2.27. The van der Waals surface area contributed by atoms with Gasteiger partial charge in [0.25, 0.3) is 5.91 Å². The number of pyridine rings is 1. The molecule has 0 saturated carbocycles. The summed E-state index contributed by atoms with van der Waals surface area (Å²) in [5.41, 5.74) is 0.888. The molecule has 0 saturated heterocycles. The highest BCUT2D eigenvalue weighted by atomic mass is 16.5. The minimum atomic E-state index is -0.409. The fourth-order valence-electron chi connectivity index (χ4n) is 4.08. The van der Waals surface area contributed by atoms with Gasteiger partial charge in [-0.2, -0.15) is 0 Å². The summed E-state index contributed by atoms with van der Waals surface area (Å²) in [6, 6.07) is 5.70. The molecule has 1 amide bonds. The molecule has 1 atom stereocenters. The molecule has 1 aliphatic heterocycles. The zero-order valence-corrected chi connectivity index (χ0v) is 19.1. The average Bonchev–Trinajstić information content (AvgIpc) is 3.55. The number of ether oxygens (including phenoxy) is 1. The first-order valence-corrected chi connectivity index (χ1v) is 10.8. The van der Waals surface area contributed by atoms with Gasteiger partial charge in [0.1, 0.15) is 22.9 Å². The molecule has 4 aromatic heterocycles. The molecule has 5 heterocycles. The SMILES string of the molecule is COc1nn(-c2cnccn2)cc1C(=O)Nc1cccc(-c2nnc3n2[C@@H](CN(C)C)CC3)n1. The maximum Gasteiger partial charge on any atom is 0.263 e. The summed E-state index contributed by atoms with van der Waals surface area (Å²) >= 11 is 0. The van der Waals surface area contributed by atoms with E-state index < -0.39 is 5.91 Å². The number of aromatic nitrogens is 8. The average molecular weight is 461 g/mol. The molecule has 174 valence electrons. The molecule has 5 rings (SSSR count). The molecule has 0 aliphatic carbocycles. The summed E-state index contributed by atoms with van der Waals surface area (Å²) in [6.45, 7) is 0.893. The lowest BCUT2D eigenvalue weighted by atomic mass is 10.2. The van der Waals surface area contributed by atoms with Gasteiger partial charge in [-0.3, -0.25) is 9.78 Å². The normalized spacial score (nSPS) is 14.9. The van der Waals surface area contributed by atoms with Gasteiger partial charge in [0.15, 0.2) is 11.6 Å². The van der Waals surface area contributed by atoms with E-state index in [4.69, 9.17) is 4.74 Å². The van der Waals surface area contributed by atoms with Gasteiger partial charge in [-0.15, -0.1) is 15.3 Å². The molecule has 0 spiro atoms. The third kappa shape index (κ3) is 4.10. The lowest BCUT2D eigenvalue weighted by Gasteiger charge is -2.19. The summed E-state index contributed by atoms with van der Waals surface area (Å²) in [6.07, 6.45) is 8.09. The summed E-state index contributed by atoms with van der Waals surface area (Å²) in [4.78, 5) is 28.0. The van der Waals surface area contributed by atoms with E-state index in [9.17, 15) is 4.79 Å². The number of fused-ring (bicyclic) bond motifs is 1. The molecule has 12 nitrogen and oxygen atoms in total. The molecule has 0 radical (unpaired) electrons. The molecular formula is C22H24N10O2. The van der Waals surface area contributed by atoms with Crippen LogP contribution in [0.2, 0.25) is 0 Å². The Hall–Kier alpha value is -4.19. The number of anilines is 1. The van der Waals surface area contributed by atoms with E-state index in [1.54, 1.807) is 30.9 Å². The maximum atomic E-state index is 13.0. The van der Waals surface area contributed by atoms with Crippen LogP contribution in [0.4, 0.5) is 5.82 Å². The van der Waals surface area contributed by atoms with Gasteiger partial charge >= 0.3 is 0 Å². The quantitative estimate of drug-likeness (QED) is 0.437. The Kier molecular flexibility index (Phi) is 5.72. The van der Waals surface area contributed by atoms with Crippen molar-refractivity contribution in [2.24, 2.45) is 0 Å². The van der Waals surface area contributed by atoms with Gasteiger partial charge < -0.3 is 19.5 Å². The van der Waals surface area contributed by atoms with Crippen LogP contribution in [0.5, 0.6) is 5.88 Å². The number of nitrogens with one attached hydrogen (secondary N) is 1. The second kappa shape index (κ2) is 8.98. The lowest BCUT2D eigenvalue weighted by Crippen LogP contribution is -2.23. The van der Waals surface area contributed by atoms with Crippen molar-refractivity contribution >= 4 is 11.7 Å². The maximum absolute atomic E-state index is 13.0. The van der Waals surface area contributed by atoms with Crippen molar-refractivity contribution in [3.63, 3.8) is 0 Å². The zero-order chi connectivity index (χ0) is 23.7. The van der Waals surface area contributed by atoms with Gasteiger partial charge in [-0.1, -0.05) is 6.07 Å². The van der Waals surface area contributed by atoms with Gasteiger partial charge in [-0.05, 0) is 32.6 Å². The van der Waals surface area contributed by atoms with E-state index in [2.05, 4.69) is 59.1 Å². The van der Waals surface area contributed by atoms with Crippen molar-refractivity contribution in [1.29, 1.82) is 0 Å². The Bertz CT molecular complexity index is 1310. The predicted octanol–water partition coefficient (Wildman–Crippen LogP) is 1.63. The van der Waals surface area contributed by atoms with E-state index in [-0.39, 0.29) is 17.5 Å². The number of amides is 1. The molecule has 0 unspecified atom stereocenters. The molecule has 12 heteroatoms. The van der Waals surface area contributed by atoms with Crippen LogP contribution in [-0.4, -0.2) is 78.1 Å². The molecule has 0 bridgehead atoms. The van der Waals surface area contributed by atoms with Crippen LogP contribution in [0.3, 0.4) is 0 Å². The van der Waals surface area contributed by atoms with Crippen molar-refractivity contribution in [2.75, 3.05) is 33.1 Å². The van der Waals surface area contributed by atoms with Crippen LogP contribution in [0.25, 0.3) is 17.3 Å². The zero-order valence-electron chi connectivity index (χ0n) is 19.1. The highest BCUT2D eigenvalue weighted by molar-refractivity contribution is 6.05. The van der Waals surface area contributed by atoms with Crippen molar-refractivity contribution in [2.45, 2.75) is 18.9 Å². The van der Waals surface area contributed by atoms with Crippen molar-refractivity contribution in [3.05, 3.63) is 54.4 Å². The number of methoxy groups -OCH3 is 1. The number of carbonyl (C=O) groups is 1. The first-order chi connectivity index (χ1) is 16.5. The first-order valence-electron chi connectivity index (χ1n) is 10.8. The van der Waals surface area contributed by atoms with Crippen molar-refractivity contribution in [3.8, 4) is 23.2 Å². The fourth-order valence-corrected chi connectivity index (χ4v) is 4.08. The molecule has 0 aromatic carbocycles. The van der Waals surface area contributed by atoms with Gasteiger partial charge in [0.2, 0.25) is 5.88 Å². The highest BCUT2D eigenvalue weighted by Crippen LogP contribution is 2.31. The minimum absolute atomic E-state index is 0.168. The topological polar surface area (TPSA) is 129 Å². The van der Waals surface area contributed by atoms with Gasteiger partial charge in [0.05, 0.1) is 19.3 Å². The van der Waals surface area contributed by atoms with Gasteiger partial charge in [-0.25, -0.2) is 14.6 Å². The monoisotopic (exact) mass is 460 g/mol. The highest BCUT2D eigenvalue weighted by Gasteiger charge is 2.28. The van der Waals surface area contributed by atoms with Crippen LogP contribution in [-0.2, 0) is 6.42 Å².